The van der Waals surface area contributed by atoms with Crippen LogP contribution in [0.3, 0.4) is 0 Å². The summed E-state index contributed by atoms with van der Waals surface area (Å²) in [6, 6.07) is 7.57. The van der Waals surface area contributed by atoms with Gasteiger partial charge in [0.2, 0.25) is 11.8 Å². The van der Waals surface area contributed by atoms with Crippen molar-refractivity contribution in [3.63, 3.8) is 0 Å². The Morgan fingerprint density at radius 3 is 1.22 bits per heavy atom. The van der Waals surface area contributed by atoms with Gasteiger partial charge in [0.15, 0.2) is 5.82 Å². The molecule has 6 aromatic rings. The van der Waals surface area contributed by atoms with Gasteiger partial charge in [-0.2, -0.15) is 0 Å². The summed E-state index contributed by atoms with van der Waals surface area (Å²) in [6.07, 6.45) is 12.2. The van der Waals surface area contributed by atoms with E-state index in [2.05, 4.69) is 47.5 Å². The summed E-state index contributed by atoms with van der Waals surface area (Å²) < 4.78 is 9.32. The number of carbonyl (C=O) groups excluding carboxylic acids is 8. The normalized spacial score (nSPS) is 10.9. The highest BCUT2D eigenvalue weighted by Crippen LogP contribution is 2.21. The van der Waals surface area contributed by atoms with Gasteiger partial charge in [-0.15, -0.1) is 0 Å². The fourth-order valence-corrected chi connectivity index (χ4v) is 7.21. The fourth-order valence-electron chi connectivity index (χ4n) is 7.21. The van der Waals surface area contributed by atoms with Gasteiger partial charge < -0.3 is 75.7 Å². The molecule has 10 N–H and O–H groups in total. The standard InChI is InChI=1S/C45H56N16O8/c1-56-16-15-48-39(56)45(69)55-31-21-36(61(6)26-31)44(68)52-28-18-32(57(2)23-28)40(64)49-12-7-9-38(63)51-27-17-34(59(4)22-27)42(66)54-30-20-35(60(5)25-30)43(67)53-29-19-33(58(3)24-29)41(65)50-14-10-37(62)47-13-8-11-46/h15-26H,7-14,46H2,1-6H3,(H,47,62)(H,49,64)(H,50,65)(H,51,63)(H,52,68)(H,53,67)(H,54,66)(H,55,69). The molecule has 0 atom stereocenters. The van der Waals surface area contributed by atoms with E-state index in [9.17, 15) is 38.4 Å². The van der Waals surface area contributed by atoms with Crippen molar-refractivity contribution in [2.75, 3.05) is 52.8 Å². The quantitative estimate of drug-likeness (QED) is 0.0472. The number of nitrogens with two attached hydrogens (primary N) is 1. The minimum Gasteiger partial charge on any atom is -0.356 e. The van der Waals surface area contributed by atoms with E-state index in [0.717, 1.165) is 0 Å². The molecule has 0 aliphatic carbocycles. The second-order valence-electron chi connectivity index (χ2n) is 16.2. The molecular formula is C45H56N16O8. The molecule has 0 fully saturated rings. The smallest absolute Gasteiger partial charge is 0.291 e. The number of amides is 8. The van der Waals surface area contributed by atoms with Gasteiger partial charge in [-0.25, -0.2) is 4.98 Å². The molecule has 6 heterocycles. The molecule has 0 saturated carbocycles. The van der Waals surface area contributed by atoms with Crippen molar-refractivity contribution in [2.45, 2.75) is 25.7 Å². The Balaban J connectivity index is 0.924. The zero-order valence-corrected chi connectivity index (χ0v) is 39.1. The summed E-state index contributed by atoms with van der Waals surface area (Å²) in [5.74, 6) is -3.03. The van der Waals surface area contributed by atoms with Gasteiger partial charge in [0.05, 0.1) is 28.4 Å². The van der Waals surface area contributed by atoms with Crippen LogP contribution < -0.4 is 48.3 Å². The molecule has 0 aliphatic heterocycles. The number of aromatic nitrogens is 7. The summed E-state index contributed by atoms with van der Waals surface area (Å²) in [6.45, 7) is 1.24. The minimum absolute atomic E-state index is 0.0641. The molecule has 0 aromatic carbocycles. The fraction of sp³-hybridized carbons (Fsp3) is 0.311. The van der Waals surface area contributed by atoms with Crippen molar-refractivity contribution in [1.82, 2.24) is 48.3 Å². The van der Waals surface area contributed by atoms with Gasteiger partial charge in [0.1, 0.15) is 28.5 Å². The SMILES string of the molecule is Cn1cc(NC(=O)c2cc(NC(=O)c3nccn3C)cn2C)cc1C(=O)NCCCC(=O)Nc1cc(C(=O)Nc2cc(C(=O)Nc3cc(C(=O)NCCC(=O)NCCCN)n(C)c3)n(C)c2)n(C)c1. The van der Waals surface area contributed by atoms with Crippen molar-refractivity contribution >= 4 is 75.7 Å². The Kier molecular flexibility index (Phi) is 16.0. The monoisotopic (exact) mass is 948 g/mol. The average Bonchev–Trinajstić information content (AvgIpc) is 4.16. The van der Waals surface area contributed by atoms with Gasteiger partial charge in [-0.05, 0) is 49.7 Å². The first-order chi connectivity index (χ1) is 32.9. The lowest BCUT2D eigenvalue weighted by Crippen LogP contribution is -2.32. The molecule has 0 radical (unpaired) electrons. The van der Waals surface area contributed by atoms with Crippen molar-refractivity contribution in [2.24, 2.45) is 48.0 Å². The molecule has 0 aliphatic rings. The Hall–Kier alpha value is -8.67. The highest BCUT2D eigenvalue weighted by molar-refractivity contribution is 6.09. The minimum atomic E-state index is -0.495. The molecule has 24 heteroatoms. The number of nitrogens with one attached hydrogen (secondary N) is 8. The summed E-state index contributed by atoms with van der Waals surface area (Å²) in [5, 5.41) is 22.0. The molecule has 0 saturated heterocycles. The lowest BCUT2D eigenvalue weighted by molar-refractivity contribution is -0.121. The number of nitrogens with zero attached hydrogens (tertiary/aromatic N) is 7. The lowest BCUT2D eigenvalue weighted by atomic mass is 10.2. The van der Waals surface area contributed by atoms with Crippen LogP contribution in [0.25, 0.3) is 0 Å². The summed E-state index contributed by atoms with van der Waals surface area (Å²) in [7, 11) is 9.95. The molecule has 0 spiro atoms. The molecule has 69 heavy (non-hydrogen) atoms. The first-order valence-corrected chi connectivity index (χ1v) is 21.8. The highest BCUT2D eigenvalue weighted by Gasteiger charge is 2.21. The zero-order valence-electron chi connectivity index (χ0n) is 39.1. The summed E-state index contributed by atoms with van der Waals surface area (Å²) >= 11 is 0. The molecule has 6 aromatic heterocycles. The molecule has 24 nitrogen and oxygen atoms in total. The van der Waals surface area contributed by atoms with E-state index < -0.39 is 35.4 Å². The third-order valence-corrected chi connectivity index (χ3v) is 10.7. The van der Waals surface area contributed by atoms with E-state index in [-0.39, 0.29) is 72.0 Å². The number of carbonyl (C=O) groups is 8. The van der Waals surface area contributed by atoms with Crippen LogP contribution in [-0.2, 0) is 51.9 Å². The van der Waals surface area contributed by atoms with Crippen LogP contribution >= 0.6 is 0 Å². The maximum atomic E-state index is 13.3. The second-order valence-corrected chi connectivity index (χ2v) is 16.2. The molecular weight excluding hydrogens is 893 g/mol. The van der Waals surface area contributed by atoms with Gasteiger partial charge >= 0.3 is 0 Å². The number of hydrogen-bond donors (Lipinski definition) is 9. The molecule has 0 bridgehead atoms. The van der Waals surface area contributed by atoms with E-state index in [0.29, 0.717) is 54.4 Å². The van der Waals surface area contributed by atoms with Gasteiger partial charge in [0.25, 0.3) is 35.4 Å². The van der Waals surface area contributed by atoms with E-state index in [1.165, 1.54) is 41.1 Å². The number of imidazole rings is 1. The summed E-state index contributed by atoms with van der Waals surface area (Å²) in [4.78, 5) is 107. The van der Waals surface area contributed by atoms with E-state index in [4.69, 9.17) is 5.73 Å². The third kappa shape index (κ3) is 12.8. The van der Waals surface area contributed by atoms with Gasteiger partial charge in [-0.3, -0.25) is 38.4 Å². The number of anilines is 5. The maximum absolute atomic E-state index is 13.3. The lowest BCUT2D eigenvalue weighted by Gasteiger charge is -2.06. The molecule has 8 amide bonds. The van der Waals surface area contributed by atoms with Crippen LogP contribution in [0.2, 0.25) is 0 Å². The van der Waals surface area contributed by atoms with E-state index in [1.807, 2.05) is 0 Å². The van der Waals surface area contributed by atoms with E-state index in [1.54, 1.807) is 102 Å². The van der Waals surface area contributed by atoms with Crippen molar-refractivity contribution in [3.05, 3.63) is 108 Å². The first kappa shape index (κ1) is 49.8. The van der Waals surface area contributed by atoms with Crippen LogP contribution in [0.1, 0.15) is 88.7 Å². The molecule has 364 valence electrons. The van der Waals surface area contributed by atoms with Gasteiger partial charge in [0, 0.05) is 118 Å². The van der Waals surface area contributed by atoms with Crippen LogP contribution in [0.5, 0.6) is 0 Å². The Bertz CT molecular complexity index is 2910. The first-order valence-electron chi connectivity index (χ1n) is 21.8. The van der Waals surface area contributed by atoms with Crippen molar-refractivity contribution in [3.8, 4) is 0 Å². The van der Waals surface area contributed by atoms with Crippen molar-refractivity contribution in [1.29, 1.82) is 0 Å². The number of hydrogen-bond acceptors (Lipinski definition) is 10. The van der Waals surface area contributed by atoms with Crippen LogP contribution in [0, 0.1) is 0 Å². The summed E-state index contributed by atoms with van der Waals surface area (Å²) in [5.41, 5.74) is 8.55. The Labute approximate surface area is 396 Å². The highest BCUT2D eigenvalue weighted by atomic mass is 16.2. The topological polar surface area (TPSA) is 301 Å². The number of rotatable bonds is 21. The predicted octanol–water partition coefficient (Wildman–Crippen LogP) is 1.86. The molecule has 0 unspecified atom stereocenters. The number of aryl methyl sites for hydroxylation is 6. The van der Waals surface area contributed by atoms with Crippen LogP contribution in [0.4, 0.5) is 28.4 Å². The van der Waals surface area contributed by atoms with Crippen LogP contribution in [-0.4, -0.2) is 106 Å². The third-order valence-electron chi connectivity index (χ3n) is 10.7. The maximum Gasteiger partial charge on any atom is 0.291 e. The zero-order chi connectivity index (χ0) is 49.9. The van der Waals surface area contributed by atoms with Crippen LogP contribution in [0.15, 0.2) is 73.7 Å². The Morgan fingerprint density at radius 2 is 0.812 bits per heavy atom. The van der Waals surface area contributed by atoms with Gasteiger partial charge in [-0.1, -0.05) is 0 Å². The van der Waals surface area contributed by atoms with E-state index >= 15 is 0 Å². The average molecular weight is 949 g/mol. The molecule has 6 rings (SSSR count). The second kappa shape index (κ2) is 22.2. The van der Waals surface area contributed by atoms with Crippen molar-refractivity contribution < 1.29 is 38.4 Å². The largest absolute Gasteiger partial charge is 0.356 e. The Morgan fingerprint density at radius 1 is 0.435 bits per heavy atom. The predicted molar refractivity (Wildman–Crippen MR) is 256 cm³/mol.